The molecule has 0 aliphatic rings. The Morgan fingerprint density at radius 3 is 2.41 bits per heavy atom. The number of alkyl halides is 3. The van der Waals surface area contributed by atoms with Crippen molar-refractivity contribution in [3.8, 4) is 5.82 Å². The smallest absolute Gasteiger partial charge is 0.351 e. The molecule has 0 radical (unpaired) electrons. The van der Waals surface area contributed by atoms with E-state index in [-0.39, 0.29) is 17.1 Å². The highest BCUT2D eigenvalue weighted by Gasteiger charge is 2.31. The van der Waals surface area contributed by atoms with E-state index in [1.807, 2.05) is 19.0 Å². The average molecular weight is 383 g/mol. The second-order valence-corrected chi connectivity index (χ2v) is 7.54. The normalized spacial score (nSPS) is 12.5. The molecule has 27 heavy (non-hydrogen) atoms. The number of aromatic nitrogens is 3. The van der Waals surface area contributed by atoms with E-state index in [2.05, 4.69) is 29.2 Å². The molecule has 2 aromatic rings. The summed E-state index contributed by atoms with van der Waals surface area (Å²) in [6.07, 6.45) is -2.31. The van der Waals surface area contributed by atoms with Gasteiger partial charge in [0.1, 0.15) is 0 Å². The fourth-order valence-corrected chi connectivity index (χ4v) is 2.87. The van der Waals surface area contributed by atoms with E-state index in [0.717, 1.165) is 18.8 Å². The zero-order valence-corrected chi connectivity index (χ0v) is 16.1. The molecule has 0 saturated heterocycles. The van der Waals surface area contributed by atoms with Crippen LogP contribution >= 0.6 is 0 Å². The minimum absolute atomic E-state index is 0.113. The van der Waals surface area contributed by atoms with Crippen LogP contribution in [0.15, 0.2) is 24.5 Å². The van der Waals surface area contributed by atoms with Gasteiger partial charge in [-0.25, -0.2) is 9.67 Å². The van der Waals surface area contributed by atoms with Crippen LogP contribution in [0.25, 0.3) is 5.82 Å². The minimum Gasteiger partial charge on any atom is -0.351 e. The highest BCUT2D eigenvalue weighted by molar-refractivity contribution is 5.95. The monoisotopic (exact) mass is 383 g/mol. The van der Waals surface area contributed by atoms with Crippen LogP contribution in [0.1, 0.15) is 35.5 Å². The summed E-state index contributed by atoms with van der Waals surface area (Å²) in [6, 6.07) is 2.16. The molecule has 0 saturated carbocycles. The molecule has 1 amide bonds. The van der Waals surface area contributed by atoms with Crippen LogP contribution in [-0.2, 0) is 6.18 Å². The van der Waals surface area contributed by atoms with Gasteiger partial charge in [-0.15, -0.1) is 0 Å². The molecule has 0 spiro atoms. The third-order valence-electron chi connectivity index (χ3n) is 4.02. The van der Waals surface area contributed by atoms with Crippen molar-refractivity contribution in [1.82, 2.24) is 25.0 Å². The van der Waals surface area contributed by atoms with E-state index in [1.165, 1.54) is 16.9 Å². The second kappa shape index (κ2) is 7.67. The first kappa shape index (κ1) is 20.9. The lowest BCUT2D eigenvalue weighted by Gasteiger charge is -2.28. The van der Waals surface area contributed by atoms with Gasteiger partial charge in [0, 0.05) is 19.3 Å². The zero-order valence-electron chi connectivity index (χ0n) is 16.1. The topological polar surface area (TPSA) is 63.1 Å². The number of halogens is 3. The summed E-state index contributed by atoms with van der Waals surface area (Å²) < 4.78 is 39.3. The molecule has 0 aromatic carbocycles. The van der Waals surface area contributed by atoms with Gasteiger partial charge >= 0.3 is 6.18 Å². The van der Waals surface area contributed by atoms with Crippen LogP contribution in [0.3, 0.4) is 0 Å². The number of carbonyl (C=O) groups excluding carboxylic acids is 1. The van der Waals surface area contributed by atoms with Gasteiger partial charge in [-0.3, -0.25) is 4.79 Å². The van der Waals surface area contributed by atoms with Crippen molar-refractivity contribution in [3.63, 3.8) is 0 Å². The standard InChI is InChI=1S/C18H24F3N5O/c1-12-14(16(27)23-10-17(2,3)11-25(4)5)9-24-26(12)15-7-6-13(8-22-15)18(19,20)21/h6-9H,10-11H2,1-5H3,(H,23,27). The Balaban J connectivity index is 2.13. The van der Waals surface area contributed by atoms with Gasteiger partial charge in [-0.2, -0.15) is 18.3 Å². The first-order valence-corrected chi connectivity index (χ1v) is 8.42. The summed E-state index contributed by atoms with van der Waals surface area (Å²) in [5.74, 6) is -0.0648. The summed E-state index contributed by atoms with van der Waals surface area (Å²) in [6.45, 7) is 7.06. The average Bonchev–Trinajstić information content (AvgIpc) is 2.92. The summed E-state index contributed by atoms with van der Waals surface area (Å²) in [5.41, 5.74) is -0.0856. The number of pyridine rings is 1. The van der Waals surface area contributed by atoms with Crippen LogP contribution in [0, 0.1) is 12.3 Å². The second-order valence-electron chi connectivity index (χ2n) is 7.54. The number of nitrogens with zero attached hydrogens (tertiary/aromatic N) is 4. The van der Waals surface area contributed by atoms with Gasteiger partial charge in [-0.05, 0) is 38.6 Å². The highest BCUT2D eigenvalue weighted by atomic mass is 19.4. The maximum absolute atomic E-state index is 12.7. The molecular formula is C18H24F3N5O. The van der Waals surface area contributed by atoms with Crippen LogP contribution in [0.5, 0.6) is 0 Å². The van der Waals surface area contributed by atoms with Gasteiger partial charge in [0.05, 0.1) is 23.0 Å². The fourth-order valence-electron chi connectivity index (χ4n) is 2.87. The van der Waals surface area contributed by atoms with Gasteiger partial charge in [0.2, 0.25) is 0 Å². The van der Waals surface area contributed by atoms with E-state index < -0.39 is 11.7 Å². The molecule has 148 valence electrons. The number of hydrogen-bond donors (Lipinski definition) is 1. The Morgan fingerprint density at radius 1 is 1.22 bits per heavy atom. The van der Waals surface area contributed by atoms with Crippen molar-refractivity contribution in [3.05, 3.63) is 41.3 Å². The lowest BCUT2D eigenvalue weighted by Crippen LogP contribution is -2.40. The quantitative estimate of drug-likeness (QED) is 0.833. The van der Waals surface area contributed by atoms with Gasteiger partial charge < -0.3 is 10.2 Å². The Kier molecular flexibility index (Phi) is 5.94. The lowest BCUT2D eigenvalue weighted by molar-refractivity contribution is -0.137. The zero-order chi connectivity index (χ0) is 20.4. The van der Waals surface area contributed by atoms with E-state index in [4.69, 9.17) is 0 Å². The maximum atomic E-state index is 12.7. The third-order valence-corrected chi connectivity index (χ3v) is 4.02. The Hall–Kier alpha value is -2.42. The molecule has 1 N–H and O–H groups in total. The fraction of sp³-hybridized carbons (Fsp3) is 0.500. The largest absolute Gasteiger partial charge is 0.417 e. The Morgan fingerprint density at radius 2 is 1.89 bits per heavy atom. The summed E-state index contributed by atoms with van der Waals surface area (Å²) in [5, 5.41) is 6.99. The van der Waals surface area contributed by atoms with Crippen LogP contribution < -0.4 is 5.32 Å². The molecule has 2 heterocycles. The maximum Gasteiger partial charge on any atom is 0.417 e. The van der Waals surface area contributed by atoms with Crippen molar-refractivity contribution >= 4 is 5.91 Å². The van der Waals surface area contributed by atoms with Crippen molar-refractivity contribution < 1.29 is 18.0 Å². The molecule has 0 unspecified atom stereocenters. The van der Waals surface area contributed by atoms with Crippen LogP contribution in [0.4, 0.5) is 13.2 Å². The van der Waals surface area contributed by atoms with E-state index in [1.54, 1.807) is 6.92 Å². The molecular weight excluding hydrogens is 359 g/mol. The Bertz CT molecular complexity index is 794. The molecule has 9 heteroatoms. The summed E-state index contributed by atoms with van der Waals surface area (Å²) in [4.78, 5) is 18.3. The van der Waals surface area contributed by atoms with Crippen LogP contribution in [-0.4, -0.2) is 52.8 Å². The predicted molar refractivity (Wildman–Crippen MR) is 95.8 cm³/mol. The van der Waals surface area contributed by atoms with Crippen LogP contribution in [0.2, 0.25) is 0 Å². The molecule has 2 rings (SSSR count). The number of nitrogens with one attached hydrogen (secondary N) is 1. The number of amides is 1. The minimum atomic E-state index is -4.45. The highest BCUT2D eigenvalue weighted by Crippen LogP contribution is 2.28. The van der Waals surface area contributed by atoms with Gasteiger partial charge in [0.25, 0.3) is 5.91 Å². The van der Waals surface area contributed by atoms with Crippen molar-refractivity contribution in [2.45, 2.75) is 26.9 Å². The summed E-state index contributed by atoms with van der Waals surface area (Å²) >= 11 is 0. The number of hydrogen-bond acceptors (Lipinski definition) is 4. The van der Waals surface area contributed by atoms with Crippen molar-refractivity contribution in [2.75, 3.05) is 27.2 Å². The van der Waals surface area contributed by atoms with E-state index in [0.29, 0.717) is 17.8 Å². The molecule has 0 aliphatic carbocycles. The van der Waals surface area contributed by atoms with Crippen molar-refractivity contribution in [2.24, 2.45) is 5.41 Å². The Labute approximate surface area is 156 Å². The summed E-state index contributed by atoms with van der Waals surface area (Å²) in [7, 11) is 3.93. The first-order valence-electron chi connectivity index (χ1n) is 8.42. The number of rotatable bonds is 6. The molecule has 6 nitrogen and oxygen atoms in total. The van der Waals surface area contributed by atoms with Gasteiger partial charge in [-0.1, -0.05) is 13.8 Å². The molecule has 0 bridgehead atoms. The van der Waals surface area contributed by atoms with E-state index in [9.17, 15) is 18.0 Å². The third kappa shape index (κ3) is 5.29. The molecule has 0 aliphatic heterocycles. The lowest BCUT2D eigenvalue weighted by atomic mass is 9.93. The SMILES string of the molecule is Cc1c(C(=O)NCC(C)(C)CN(C)C)cnn1-c1ccc(C(F)(F)F)cn1. The number of carbonyl (C=O) groups is 1. The van der Waals surface area contributed by atoms with Crippen molar-refractivity contribution in [1.29, 1.82) is 0 Å². The predicted octanol–water partition coefficient (Wildman–Crippen LogP) is 2.91. The molecule has 2 aromatic heterocycles. The first-order chi connectivity index (χ1) is 12.4. The molecule has 0 atom stereocenters. The molecule has 0 fully saturated rings. The van der Waals surface area contributed by atoms with Gasteiger partial charge in [0.15, 0.2) is 5.82 Å². The van der Waals surface area contributed by atoms with E-state index >= 15 is 0 Å².